The van der Waals surface area contributed by atoms with Crippen LogP contribution in [0.5, 0.6) is 5.75 Å². The Balaban J connectivity index is 3.12. The molecule has 16 nitrogen and oxygen atoms in total. The molecule has 0 heterocycles. The number of carboxylic acids is 3. The molecule has 0 bridgehead atoms. The van der Waals surface area contributed by atoms with Crippen LogP contribution in [0.4, 0.5) is 0 Å². The fraction of sp³-hybridized carbons (Fsp3) is 0.480. The summed E-state index contributed by atoms with van der Waals surface area (Å²) in [5.41, 5.74) is 5.64. The zero-order valence-electron chi connectivity index (χ0n) is 22.5. The zero-order valence-corrected chi connectivity index (χ0v) is 22.5. The van der Waals surface area contributed by atoms with Gasteiger partial charge in [-0.05, 0) is 30.0 Å². The van der Waals surface area contributed by atoms with Crippen molar-refractivity contribution in [2.24, 2.45) is 11.7 Å². The number of aliphatic carboxylic acids is 3. The van der Waals surface area contributed by atoms with Crippen molar-refractivity contribution in [3.63, 3.8) is 0 Å². The normalized spacial score (nSPS) is 13.7. The van der Waals surface area contributed by atoms with E-state index in [-0.39, 0.29) is 24.5 Å². The first-order valence-electron chi connectivity index (χ1n) is 12.5. The van der Waals surface area contributed by atoms with Crippen LogP contribution in [-0.4, -0.2) is 92.7 Å². The van der Waals surface area contributed by atoms with Gasteiger partial charge in [-0.3, -0.25) is 28.8 Å². The molecule has 0 spiro atoms. The minimum atomic E-state index is -1.75. The Morgan fingerprint density at radius 1 is 0.707 bits per heavy atom. The topological polar surface area (TPSA) is 275 Å². The molecule has 0 aliphatic rings. The van der Waals surface area contributed by atoms with E-state index in [1.54, 1.807) is 13.8 Å². The summed E-state index contributed by atoms with van der Waals surface area (Å²) in [5.74, 6) is -8.63. The van der Waals surface area contributed by atoms with E-state index in [2.05, 4.69) is 21.3 Å². The van der Waals surface area contributed by atoms with Crippen LogP contribution in [0.1, 0.15) is 38.7 Å². The van der Waals surface area contributed by atoms with Gasteiger partial charge < -0.3 is 47.4 Å². The van der Waals surface area contributed by atoms with Crippen LogP contribution in [0.3, 0.4) is 0 Å². The Kier molecular flexibility index (Phi) is 13.7. The van der Waals surface area contributed by atoms with Crippen molar-refractivity contribution in [2.45, 2.75) is 63.7 Å². The smallest absolute Gasteiger partial charge is 0.326 e. The number of nitrogens with one attached hydrogen (secondary N) is 4. The van der Waals surface area contributed by atoms with Crippen molar-refractivity contribution in [3.05, 3.63) is 29.8 Å². The van der Waals surface area contributed by atoms with Gasteiger partial charge in [0, 0.05) is 6.42 Å². The molecule has 0 fully saturated rings. The van der Waals surface area contributed by atoms with E-state index in [1.807, 2.05) is 0 Å². The number of hydrogen-bond donors (Lipinski definition) is 9. The number of nitrogens with two attached hydrogens (primary N) is 1. The third-order valence-electron chi connectivity index (χ3n) is 5.56. The second-order valence-electron chi connectivity index (χ2n) is 9.54. The molecule has 1 aromatic carbocycles. The largest absolute Gasteiger partial charge is 0.508 e. The Labute approximate surface area is 234 Å². The minimum Gasteiger partial charge on any atom is -0.508 e. The lowest BCUT2D eigenvalue weighted by Gasteiger charge is -2.26. The molecule has 0 aliphatic carbocycles. The predicted octanol–water partition coefficient (Wildman–Crippen LogP) is -2.09. The Hall–Kier alpha value is -4.73. The van der Waals surface area contributed by atoms with Crippen LogP contribution in [-0.2, 0) is 40.0 Å². The highest BCUT2D eigenvalue weighted by Crippen LogP contribution is 2.12. The minimum absolute atomic E-state index is 0.0256. The van der Waals surface area contributed by atoms with Crippen LogP contribution >= 0.6 is 0 Å². The van der Waals surface area contributed by atoms with Gasteiger partial charge >= 0.3 is 17.9 Å². The van der Waals surface area contributed by atoms with Crippen molar-refractivity contribution >= 4 is 41.5 Å². The standard InChI is InChI=1S/C25H35N5O11/c1-12(2)7-15(28-23(38)16(9-20(33)34)27-19(32)11-26)22(37)29-17(10-21(35)36)24(39)30-18(25(40)41)8-13-3-5-14(31)6-4-13/h3-6,12,15-18,31H,7-11,26H2,1-2H3,(H,27,32)(H,28,38)(H,29,37)(H,30,39)(H,33,34)(H,35,36)(H,40,41)/t15-,16-,17-,18-/m0/s1. The average molecular weight is 582 g/mol. The summed E-state index contributed by atoms with van der Waals surface area (Å²) in [4.78, 5) is 84.8. The second kappa shape index (κ2) is 16.4. The first-order valence-corrected chi connectivity index (χ1v) is 12.5. The maximum Gasteiger partial charge on any atom is 0.326 e. The Morgan fingerprint density at radius 2 is 1.15 bits per heavy atom. The fourth-order valence-electron chi connectivity index (χ4n) is 3.61. The molecule has 10 N–H and O–H groups in total. The molecule has 0 unspecified atom stereocenters. The predicted molar refractivity (Wildman–Crippen MR) is 140 cm³/mol. The highest BCUT2D eigenvalue weighted by Gasteiger charge is 2.33. The molecule has 0 saturated carbocycles. The Bertz CT molecular complexity index is 1120. The van der Waals surface area contributed by atoms with Gasteiger partial charge in [0.2, 0.25) is 23.6 Å². The Morgan fingerprint density at radius 3 is 1.59 bits per heavy atom. The summed E-state index contributed by atoms with van der Waals surface area (Å²) in [7, 11) is 0. The molecule has 0 aromatic heterocycles. The number of phenolic OH excluding ortho intramolecular Hbond substituents is 1. The monoisotopic (exact) mass is 581 g/mol. The van der Waals surface area contributed by atoms with E-state index in [9.17, 15) is 48.9 Å². The third kappa shape index (κ3) is 12.8. The zero-order chi connectivity index (χ0) is 31.3. The molecule has 16 heteroatoms. The van der Waals surface area contributed by atoms with Gasteiger partial charge in [0.25, 0.3) is 0 Å². The van der Waals surface area contributed by atoms with E-state index < -0.39 is 85.1 Å². The molecule has 0 radical (unpaired) electrons. The number of hydrogen-bond acceptors (Lipinski definition) is 9. The van der Waals surface area contributed by atoms with Gasteiger partial charge in [0.1, 0.15) is 29.9 Å². The molecular weight excluding hydrogens is 546 g/mol. The first kappa shape index (κ1) is 34.3. The highest BCUT2D eigenvalue weighted by molar-refractivity contribution is 5.97. The summed E-state index contributed by atoms with van der Waals surface area (Å²) < 4.78 is 0. The molecule has 226 valence electrons. The summed E-state index contributed by atoms with van der Waals surface area (Å²) in [6, 6.07) is -0.745. The summed E-state index contributed by atoms with van der Waals surface area (Å²) >= 11 is 0. The quantitative estimate of drug-likeness (QED) is 0.0958. The van der Waals surface area contributed by atoms with Gasteiger partial charge in [0.15, 0.2) is 0 Å². The molecular formula is C25H35N5O11. The number of aromatic hydroxyl groups is 1. The summed E-state index contributed by atoms with van der Waals surface area (Å²) in [6.45, 7) is 2.86. The number of amides is 4. The number of carboxylic acid groups (broad SMARTS) is 3. The van der Waals surface area contributed by atoms with Crippen molar-refractivity contribution in [1.29, 1.82) is 0 Å². The van der Waals surface area contributed by atoms with Crippen LogP contribution in [0.25, 0.3) is 0 Å². The highest BCUT2D eigenvalue weighted by atomic mass is 16.4. The van der Waals surface area contributed by atoms with Crippen molar-refractivity contribution < 1.29 is 54.0 Å². The van der Waals surface area contributed by atoms with E-state index in [1.165, 1.54) is 24.3 Å². The lowest BCUT2D eigenvalue weighted by atomic mass is 10.0. The lowest BCUT2D eigenvalue weighted by Crippen LogP contribution is -2.58. The molecule has 41 heavy (non-hydrogen) atoms. The summed E-state index contributed by atoms with van der Waals surface area (Å²) in [6.07, 6.45) is -2.00. The van der Waals surface area contributed by atoms with Crippen molar-refractivity contribution in [3.8, 4) is 5.75 Å². The molecule has 0 saturated heterocycles. The van der Waals surface area contributed by atoms with Gasteiger partial charge in [-0.15, -0.1) is 0 Å². The number of benzene rings is 1. The van der Waals surface area contributed by atoms with Crippen LogP contribution in [0.2, 0.25) is 0 Å². The van der Waals surface area contributed by atoms with Gasteiger partial charge in [-0.2, -0.15) is 0 Å². The number of rotatable bonds is 17. The number of carbonyl (C=O) groups excluding carboxylic acids is 4. The number of phenols is 1. The lowest BCUT2D eigenvalue weighted by molar-refractivity contribution is -0.143. The van der Waals surface area contributed by atoms with Crippen LogP contribution in [0.15, 0.2) is 24.3 Å². The van der Waals surface area contributed by atoms with Gasteiger partial charge in [-0.1, -0.05) is 26.0 Å². The van der Waals surface area contributed by atoms with Crippen molar-refractivity contribution in [1.82, 2.24) is 21.3 Å². The molecule has 1 rings (SSSR count). The number of carbonyl (C=O) groups is 7. The van der Waals surface area contributed by atoms with Gasteiger partial charge in [0.05, 0.1) is 19.4 Å². The van der Waals surface area contributed by atoms with Crippen molar-refractivity contribution in [2.75, 3.05) is 6.54 Å². The second-order valence-corrected chi connectivity index (χ2v) is 9.54. The maximum atomic E-state index is 13.1. The van der Waals surface area contributed by atoms with E-state index in [0.29, 0.717) is 5.56 Å². The third-order valence-corrected chi connectivity index (χ3v) is 5.56. The summed E-state index contributed by atoms with van der Waals surface area (Å²) in [5, 5.41) is 46.2. The molecule has 4 amide bonds. The van der Waals surface area contributed by atoms with E-state index in [0.717, 1.165) is 0 Å². The molecule has 0 aliphatic heterocycles. The van der Waals surface area contributed by atoms with E-state index >= 15 is 0 Å². The van der Waals surface area contributed by atoms with E-state index in [4.69, 9.17) is 10.8 Å². The first-order chi connectivity index (χ1) is 19.1. The average Bonchev–Trinajstić information content (AvgIpc) is 2.87. The van der Waals surface area contributed by atoms with Gasteiger partial charge in [-0.25, -0.2) is 4.79 Å². The SMILES string of the molecule is CC(C)C[C@H](NC(=O)[C@H](CC(=O)O)NC(=O)CN)C(=O)N[C@@H](CC(=O)O)C(=O)N[C@@H](Cc1ccc(O)cc1)C(=O)O. The molecule has 1 aromatic rings. The molecule has 4 atom stereocenters. The maximum absolute atomic E-state index is 13.1. The fourth-order valence-corrected chi connectivity index (χ4v) is 3.61. The van der Waals surface area contributed by atoms with Crippen LogP contribution in [0, 0.1) is 5.92 Å². The van der Waals surface area contributed by atoms with Crippen LogP contribution < -0.4 is 27.0 Å².